The summed E-state index contributed by atoms with van der Waals surface area (Å²) in [5, 5.41) is 4.32. The number of aryl methyl sites for hydroxylation is 2. The van der Waals surface area contributed by atoms with Crippen LogP contribution in [0.5, 0.6) is 0 Å². The molecule has 1 aromatic heterocycles. The first kappa shape index (κ1) is 17.1. The third-order valence-corrected chi connectivity index (χ3v) is 6.52. The quantitative estimate of drug-likeness (QED) is 0.844. The molecular formula is C17H24N4O2S. The highest BCUT2D eigenvalue weighted by atomic mass is 32.2. The van der Waals surface area contributed by atoms with Gasteiger partial charge in [-0.2, -0.15) is 9.40 Å². The summed E-state index contributed by atoms with van der Waals surface area (Å²) in [5.41, 5.74) is 1.72. The summed E-state index contributed by atoms with van der Waals surface area (Å²) in [4.78, 5) is 2.43. The first-order valence-corrected chi connectivity index (χ1v) is 9.56. The van der Waals surface area contributed by atoms with Gasteiger partial charge in [0.05, 0.1) is 17.1 Å². The summed E-state index contributed by atoms with van der Waals surface area (Å²) >= 11 is 0. The van der Waals surface area contributed by atoms with E-state index in [0.29, 0.717) is 18.0 Å². The van der Waals surface area contributed by atoms with Crippen LogP contribution in [-0.4, -0.2) is 54.1 Å². The molecule has 2 heterocycles. The average Bonchev–Trinajstić information content (AvgIpc) is 2.89. The molecule has 0 N–H and O–H groups in total. The van der Waals surface area contributed by atoms with Gasteiger partial charge in [-0.1, -0.05) is 18.2 Å². The van der Waals surface area contributed by atoms with Gasteiger partial charge >= 0.3 is 0 Å². The molecule has 0 fully saturated rings. The van der Waals surface area contributed by atoms with Crippen molar-refractivity contribution in [1.82, 2.24) is 19.0 Å². The Morgan fingerprint density at radius 2 is 2.00 bits per heavy atom. The van der Waals surface area contributed by atoms with E-state index in [4.69, 9.17) is 0 Å². The Hall–Kier alpha value is -1.70. The zero-order chi connectivity index (χ0) is 17.3. The van der Waals surface area contributed by atoms with E-state index in [9.17, 15) is 8.42 Å². The summed E-state index contributed by atoms with van der Waals surface area (Å²) in [6, 6.07) is 9.01. The predicted octanol–water partition coefficient (Wildman–Crippen LogP) is 1.72. The molecule has 2 aromatic rings. The fourth-order valence-corrected chi connectivity index (χ4v) is 5.10. The van der Waals surface area contributed by atoms with Crippen LogP contribution in [0.15, 0.2) is 41.4 Å². The van der Waals surface area contributed by atoms with Crippen LogP contribution in [0, 0.1) is 6.92 Å². The van der Waals surface area contributed by atoms with Gasteiger partial charge in [0.25, 0.3) is 0 Å². The van der Waals surface area contributed by atoms with Crippen molar-refractivity contribution in [3.05, 3.63) is 47.8 Å². The van der Waals surface area contributed by atoms with Crippen LogP contribution in [-0.2, 0) is 23.1 Å². The molecule has 0 bridgehead atoms. The summed E-state index contributed by atoms with van der Waals surface area (Å²) < 4.78 is 30.3. The van der Waals surface area contributed by atoms with Crippen molar-refractivity contribution in [2.24, 2.45) is 0 Å². The Morgan fingerprint density at radius 1 is 1.25 bits per heavy atom. The fraction of sp³-hybridized carbons (Fsp3) is 0.471. The predicted molar refractivity (Wildman–Crippen MR) is 93.1 cm³/mol. The second kappa shape index (κ2) is 6.66. The van der Waals surface area contributed by atoms with E-state index in [1.54, 1.807) is 22.6 Å². The van der Waals surface area contributed by atoms with E-state index >= 15 is 0 Å². The molecule has 0 amide bonds. The molecule has 0 spiro atoms. The summed E-state index contributed by atoms with van der Waals surface area (Å²) in [7, 11) is 0.383. The number of hydrogen-bond acceptors (Lipinski definition) is 4. The highest BCUT2D eigenvalue weighted by molar-refractivity contribution is 7.89. The van der Waals surface area contributed by atoms with Gasteiger partial charge in [-0.3, -0.25) is 4.68 Å². The minimum absolute atomic E-state index is 0.0775. The van der Waals surface area contributed by atoms with E-state index in [0.717, 1.165) is 24.2 Å². The molecule has 0 saturated heterocycles. The first-order valence-electron chi connectivity index (χ1n) is 8.12. The lowest BCUT2D eigenvalue weighted by molar-refractivity contribution is 0.239. The van der Waals surface area contributed by atoms with Crippen molar-refractivity contribution < 1.29 is 8.42 Å². The van der Waals surface area contributed by atoms with Gasteiger partial charge in [-0.05, 0) is 45.1 Å². The van der Waals surface area contributed by atoms with E-state index in [2.05, 4.69) is 5.10 Å². The molecule has 1 aliphatic heterocycles. The highest BCUT2D eigenvalue weighted by Crippen LogP contribution is 2.27. The van der Waals surface area contributed by atoms with Gasteiger partial charge in [0.1, 0.15) is 0 Å². The third kappa shape index (κ3) is 3.24. The maximum atomic E-state index is 13.4. The zero-order valence-corrected chi connectivity index (χ0v) is 15.2. The van der Waals surface area contributed by atoms with Crippen LogP contribution in [0.3, 0.4) is 0 Å². The van der Waals surface area contributed by atoms with E-state index < -0.39 is 10.0 Å². The molecular weight excluding hydrogens is 324 g/mol. The number of likely N-dealkylation sites (N-methyl/N-ethyl adjacent to an activating group) is 1. The Bertz CT molecular complexity index is 814. The van der Waals surface area contributed by atoms with E-state index in [-0.39, 0.29) is 6.04 Å². The van der Waals surface area contributed by atoms with Gasteiger partial charge in [0.15, 0.2) is 0 Å². The smallest absolute Gasteiger partial charge is 0.243 e. The molecule has 3 rings (SSSR count). The molecule has 6 nitrogen and oxygen atoms in total. The van der Waals surface area contributed by atoms with Crippen LogP contribution < -0.4 is 0 Å². The minimum atomic E-state index is -3.57. The van der Waals surface area contributed by atoms with E-state index in [1.165, 1.54) is 0 Å². The second-order valence-electron chi connectivity index (χ2n) is 6.57. The van der Waals surface area contributed by atoms with Gasteiger partial charge in [0, 0.05) is 25.3 Å². The highest BCUT2D eigenvalue weighted by Gasteiger charge is 2.35. The van der Waals surface area contributed by atoms with Crippen molar-refractivity contribution in [2.75, 3.05) is 20.6 Å². The largest absolute Gasteiger partial charge is 0.308 e. The third-order valence-electron chi connectivity index (χ3n) is 4.46. The lowest BCUT2D eigenvalue weighted by Gasteiger charge is -2.31. The fourth-order valence-electron chi connectivity index (χ4n) is 3.26. The Morgan fingerprint density at radius 3 is 2.71 bits per heavy atom. The molecule has 0 radical (unpaired) electrons. The number of fused-ring (bicyclic) bond motifs is 1. The van der Waals surface area contributed by atoms with E-state index in [1.807, 2.05) is 48.8 Å². The lowest BCUT2D eigenvalue weighted by atomic mass is 10.2. The van der Waals surface area contributed by atoms with Crippen LogP contribution in [0.1, 0.15) is 17.7 Å². The molecule has 24 heavy (non-hydrogen) atoms. The van der Waals surface area contributed by atoms with Crippen molar-refractivity contribution in [1.29, 1.82) is 0 Å². The van der Waals surface area contributed by atoms with Gasteiger partial charge in [-0.15, -0.1) is 0 Å². The van der Waals surface area contributed by atoms with Crippen molar-refractivity contribution in [2.45, 2.75) is 37.4 Å². The van der Waals surface area contributed by atoms with Crippen molar-refractivity contribution in [3.63, 3.8) is 0 Å². The standard InChI is InChI=1S/C17H24N4O2S/c1-14-6-4-5-7-17(14)24(22,23)21-13-15-8-10-18-20(15)11-9-16(21)12-19(2)3/h4-8,10,16H,9,11-13H2,1-3H3/t16-/m1/s1. The SMILES string of the molecule is Cc1ccccc1S(=O)(=O)N1Cc2ccnn2CC[C@@H]1CN(C)C. The first-order chi connectivity index (χ1) is 11.4. The van der Waals surface area contributed by atoms with Crippen molar-refractivity contribution in [3.8, 4) is 0 Å². The molecule has 7 heteroatoms. The molecule has 130 valence electrons. The molecule has 1 aliphatic rings. The number of benzene rings is 1. The molecule has 1 aromatic carbocycles. The van der Waals surface area contributed by atoms with Crippen LogP contribution >= 0.6 is 0 Å². The second-order valence-corrected chi connectivity index (χ2v) is 8.43. The Labute approximate surface area is 143 Å². The number of aromatic nitrogens is 2. The maximum Gasteiger partial charge on any atom is 0.243 e. The Balaban J connectivity index is 2.04. The number of hydrogen-bond donors (Lipinski definition) is 0. The van der Waals surface area contributed by atoms with Crippen molar-refractivity contribution >= 4 is 10.0 Å². The minimum Gasteiger partial charge on any atom is -0.308 e. The number of rotatable bonds is 4. The molecule has 0 saturated carbocycles. The van der Waals surface area contributed by atoms with Gasteiger partial charge in [0.2, 0.25) is 10.0 Å². The molecule has 1 atom stereocenters. The van der Waals surface area contributed by atoms with Crippen LogP contribution in [0.4, 0.5) is 0 Å². The Kier molecular flexibility index (Phi) is 4.76. The zero-order valence-electron chi connectivity index (χ0n) is 14.4. The van der Waals surface area contributed by atoms with Gasteiger partial charge in [-0.25, -0.2) is 8.42 Å². The molecule has 0 unspecified atom stereocenters. The molecule has 0 aliphatic carbocycles. The van der Waals surface area contributed by atoms with Gasteiger partial charge < -0.3 is 4.90 Å². The summed E-state index contributed by atoms with van der Waals surface area (Å²) in [5.74, 6) is 0. The van der Waals surface area contributed by atoms with Crippen LogP contribution in [0.25, 0.3) is 0 Å². The van der Waals surface area contributed by atoms with Crippen LogP contribution in [0.2, 0.25) is 0 Å². The lowest BCUT2D eigenvalue weighted by Crippen LogP contribution is -2.44. The topological polar surface area (TPSA) is 58.4 Å². The number of nitrogens with zero attached hydrogens (tertiary/aromatic N) is 4. The summed E-state index contributed by atoms with van der Waals surface area (Å²) in [6.45, 7) is 3.63. The monoisotopic (exact) mass is 348 g/mol. The average molecular weight is 348 g/mol. The maximum absolute atomic E-state index is 13.4. The normalized spacial score (nSPS) is 19.2. The number of sulfonamides is 1. The summed E-state index contributed by atoms with van der Waals surface area (Å²) in [6.07, 6.45) is 2.48.